The van der Waals surface area contributed by atoms with Gasteiger partial charge in [0.2, 0.25) is 4.80 Å². The molecule has 0 bridgehead atoms. The minimum Gasteiger partial charge on any atom is -0.493 e. The van der Waals surface area contributed by atoms with Crippen molar-refractivity contribution in [3.63, 3.8) is 0 Å². The number of methoxy groups -OCH3 is 2. The molecule has 154 valence electrons. The van der Waals surface area contributed by atoms with Crippen molar-refractivity contribution in [3.05, 3.63) is 81.0 Å². The minimum absolute atomic E-state index is 0.0359. The first-order chi connectivity index (χ1) is 14.6. The van der Waals surface area contributed by atoms with E-state index in [1.54, 1.807) is 50.8 Å². The number of non-ortho nitro benzene ring substituents is 1. The summed E-state index contributed by atoms with van der Waals surface area (Å²) < 4.78 is 12.4. The Kier molecular flexibility index (Phi) is 6.76. The number of aromatic nitrogens is 1. The number of thiazole rings is 1. The summed E-state index contributed by atoms with van der Waals surface area (Å²) >= 11 is 1.39. The van der Waals surface area contributed by atoms with Crippen LogP contribution in [0.1, 0.15) is 5.56 Å². The van der Waals surface area contributed by atoms with Gasteiger partial charge in [0, 0.05) is 29.6 Å². The number of hydrogen-bond donors (Lipinski definition) is 0. The number of benzene rings is 2. The highest BCUT2D eigenvalue weighted by atomic mass is 32.1. The molecule has 0 radical (unpaired) electrons. The lowest BCUT2D eigenvalue weighted by molar-refractivity contribution is -0.384. The zero-order chi connectivity index (χ0) is 21.5. The summed E-state index contributed by atoms with van der Waals surface area (Å²) in [6, 6.07) is 11.9. The Morgan fingerprint density at radius 2 is 2.00 bits per heavy atom. The van der Waals surface area contributed by atoms with Gasteiger partial charge in [0.25, 0.3) is 5.69 Å². The fraction of sp³-hybridized carbons (Fsp3) is 0.143. The van der Waals surface area contributed by atoms with Gasteiger partial charge in [-0.15, -0.1) is 23.0 Å². The Labute approximate surface area is 177 Å². The fourth-order valence-corrected chi connectivity index (χ4v) is 3.68. The molecular formula is C21H20N4O4S. The average molecular weight is 424 g/mol. The number of ether oxygens (including phenoxy) is 2. The van der Waals surface area contributed by atoms with Crippen LogP contribution in [0.3, 0.4) is 0 Å². The molecule has 3 aromatic rings. The van der Waals surface area contributed by atoms with Crippen molar-refractivity contribution >= 4 is 23.2 Å². The maximum atomic E-state index is 11.1. The molecule has 3 rings (SSSR count). The molecule has 0 aliphatic carbocycles. The monoisotopic (exact) mass is 424 g/mol. The van der Waals surface area contributed by atoms with Crippen LogP contribution in [-0.4, -0.2) is 29.9 Å². The van der Waals surface area contributed by atoms with Crippen LogP contribution in [0.15, 0.2) is 70.7 Å². The van der Waals surface area contributed by atoms with Gasteiger partial charge in [0.1, 0.15) is 0 Å². The molecule has 0 fully saturated rings. The summed E-state index contributed by atoms with van der Waals surface area (Å²) in [7, 11) is 3.15. The second-order valence-electron chi connectivity index (χ2n) is 6.07. The maximum Gasteiger partial charge on any atom is 0.270 e. The van der Waals surface area contributed by atoms with E-state index < -0.39 is 4.92 Å². The van der Waals surface area contributed by atoms with Gasteiger partial charge in [-0.05, 0) is 23.8 Å². The van der Waals surface area contributed by atoms with Crippen LogP contribution >= 0.6 is 11.3 Å². The van der Waals surface area contributed by atoms with Gasteiger partial charge in [0.05, 0.1) is 31.1 Å². The summed E-state index contributed by atoms with van der Waals surface area (Å²) in [5.74, 6) is 1.24. The van der Waals surface area contributed by atoms with Crippen molar-refractivity contribution < 1.29 is 14.4 Å². The highest BCUT2D eigenvalue weighted by Gasteiger charge is 2.11. The second-order valence-corrected chi connectivity index (χ2v) is 6.91. The summed E-state index contributed by atoms with van der Waals surface area (Å²) in [5, 5.41) is 21.5. The van der Waals surface area contributed by atoms with Gasteiger partial charge in [-0.1, -0.05) is 18.2 Å². The molecule has 0 atom stereocenters. The lowest BCUT2D eigenvalue weighted by Crippen LogP contribution is -2.14. The van der Waals surface area contributed by atoms with E-state index in [1.807, 2.05) is 22.1 Å². The number of nitro benzene ring substituents is 1. The van der Waals surface area contributed by atoms with E-state index >= 15 is 0 Å². The third-order valence-electron chi connectivity index (χ3n) is 4.22. The van der Waals surface area contributed by atoms with Gasteiger partial charge in [-0.25, -0.2) is 0 Å². The molecule has 0 amide bonds. The van der Waals surface area contributed by atoms with E-state index in [4.69, 9.17) is 9.47 Å². The lowest BCUT2D eigenvalue weighted by Gasteiger charge is -2.07. The SMILES string of the molecule is C=CCn1c(-c2cccc([N+](=O)[O-])c2)cs/c1=N\N=C/c1ccc(OC)c(OC)c1. The van der Waals surface area contributed by atoms with Crippen LogP contribution in [0.2, 0.25) is 0 Å². The fourth-order valence-electron chi connectivity index (χ4n) is 2.80. The Hall–Kier alpha value is -3.72. The van der Waals surface area contributed by atoms with Crippen LogP contribution in [0.25, 0.3) is 11.3 Å². The molecule has 9 heteroatoms. The number of nitrogens with zero attached hydrogens (tertiary/aromatic N) is 4. The van der Waals surface area contributed by atoms with Crippen molar-refractivity contribution in [2.75, 3.05) is 14.2 Å². The molecule has 2 aromatic carbocycles. The predicted octanol–water partition coefficient (Wildman–Crippen LogP) is 4.26. The number of allylic oxidation sites excluding steroid dienone is 1. The van der Waals surface area contributed by atoms with Gasteiger partial charge in [0.15, 0.2) is 11.5 Å². The summed E-state index contributed by atoms with van der Waals surface area (Å²) in [4.78, 5) is 11.3. The van der Waals surface area contributed by atoms with Gasteiger partial charge in [-0.2, -0.15) is 5.10 Å². The largest absolute Gasteiger partial charge is 0.493 e. The molecule has 1 heterocycles. The quantitative estimate of drug-likeness (QED) is 0.234. The van der Waals surface area contributed by atoms with Crippen molar-refractivity contribution in [2.24, 2.45) is 10.2 Å². The van der Waals surface area contributed by atoms with Crippen LogP contribution in [0.4, 0.5) is 5.69 Å². The third kappa shape index (κ3) is 4.64. The molecule has 30 heavy (non-hydrogen) atoms. The standard InChI is InChI=1S/C21H20N4O4S/c1-4-10-24-18(16-6-5-7-17(12-16)25(26)27)14-30-21(24)23-22-13-15-8-9-19(28-2)20(11-15)29-3/h4-9,11-14H,1,10H2,2-3H3/b22-13-,23-21-. The maximum absolute atomic E-state index is 11.1. The number of rotatable bonds is 8. The van der Waals surface area contributed by atoms with Crippen molar-refractivity contribution in [3.8, 4) is 22.8 Å². The van der Waals surface area contributed by atoms with E-state index in [2.05, 4.69) is 16.8 Å². The second kappa shape index (κ2) is 9.66. The van der Waals surface area contributed by atoms with E-state index in [0.717, 1.165) is 16.8 Å². The van der Waals surface area contributed by atoms with E-state index in [0.29, 0.717) is 22.8 Å². The molecule has 0 saturated heterocycles. The molecule has 0 aliphatic rings. The number of nitro groups is 1. The Morgan fingerprint density at radius 1 is 1.20 bits per heavy atom. The van der Waals surface area contributed by atoms with Crippen LogP contribution in [0, 0.1) is 10.1 Å². The predicted molar refractivity (Wildman–Crippen MR) is 117 cm³/mol. The average Bonchev–Trinajstić information content (AvgIpc) is 3.16. The number of hydrogen-bond acceptors (Lipinski definition) is 7. The summed E-state index contributed by atoms with van der Waals surface area (Å²) in [6.45, 7) is 4.28. The molecular weight excluding hydrogens is 404 g/mol. The zero-order valence-electron chi connectivity index (χ0n) is 16.5. The highest BCUT2D eigenvalue weighted by molar-refractivity contribution is 7.07. The van der Waals surface area contributed by atoms with Crippen LogP contribution < -0.4 is 14.3 Å². The first kappa shape index (κ1) is 21.0. The Balaban J connectivity index is 1.96. The van der Waals surface area contributed by atoms with Crippen LogP contribution in [-0.2, 0) is 6.54 Å². The highest BCUT2D eigenvalue weighted by Crippen LogP contribution is 2.27. The molecule has 0 spiro atoms. The summed E-state index contributed by atoms with van der Waals surface area (Å²) in [5.41, 5.74) is 2.38. The lowest BCUT2D eigenvalue weighted by atomic mass is 10.1. The first-order valence-electron chi connectivity index (χ1n) is 8.90. The summed E-state index contributed by atoms with van der Waals surface area (Å²) in [6.07, 6.45) is 3.36. The molecule has 1 aromatic heterocycles. The Bertz CT molecular complexity index is 1160. The van der Waals surface area contributed by atoms with Gasteiger partial charge < -0.3 is 14.0 Å². The molecule has 0 saturated carbocycles. The topological polar surface area (TPSA) is 91.2 Å². The van der Waals surface area contributed by atoms with Crippen molar-refractivity contribution in [2.45, 2.75) is 6.54 Å². The first-order valence-corrected chi connectivity index (χ1v) is 9.78. The van der Waals surface area contributed by atoms with Crippen molar-refractivity contribution in [1.82, 2.24) is 4.57 Å². The third-order valence-corrected chi connectivity index (χ3v) is 5.07. The minimum atomic E-state index is -0.410. The van der Waals surface area contributed by atoms with Gasteiger partial charge in [-0.3, -0.25) is 10.1 Å². The Morgan fingerprint density at radius 3 is 2.70 bits per heavy atom. The van der Waals surface area contributed by atoms with E-state index in [9.17, 15) is 10.1 Å². The zero-order valence-corrected chi connectivity index (χ0v) is 17.3. The van der Waals surface area contributed by atoms with Crippen LogP contribution in [0.5, 0.6) is 11.5 Å². The normalized spacial score (nSPS) is 11.6. The van der Waals surface area contributed by atoms with E-state index in [1.165, 1.54) is 17.4 Å². The van der Waals surface area contributed by atoms with E-state index in [-0.39, 0.29) is 5.69 Å². The molecule has 0 aliphatic heterocycles. The smallest absolute Gasteiger partial charge is 0.270 e. The van der Waals surface area contributed by atoms with Gasteiger partial charge >= 0.3 is 0 Å². The molecule has 0 unspecified atom stereocenters. The molecule has 0 N–H and O–H groups in total. The molecule has 8 nitrogen and oxygen atoms in total. The van der Waals surface area contributed by atoms with Crippen molar-refractivity contribution in [1.29, 1.82) is 0 Å².